The lowest BCUT2D eigenvalue weighted by Gasteiger charge is -2.20. The molecule has 0 radical (unpaired) electrons. The number of nitrogens with zero attached hydrogens (tertiary/aromatic N) is 2. The van der Waals surface area contributed by atoms with Crippen molar-refractivity contribution in [2.24, 2.45) is 7.05 Å². The van der Waals surface area contributed by atoms with Gasteiger partial charge in [-0.3, -0.25) is 0 Å². The van der Waals surface area contributed by atoms with Crippen molar-refractivity contribution in [3.05, 3.63) is 84.2 Å². The van der Waals surface area contributed by atoms with E-state index in [1.807, 2.05) is 37.4 Å². The van der Waals surface area contributed by atoms with Crippen molar-refractivity contribution in [3.8, 4) is 0 Å². The number of nitrogens with one attached hydrogen (secondary N) is 2. The molecule has 2 aromatic carbocycles. The third-order valence-corrected chi connectivity index (χ3v) is 5.02. The minimum absolute atomic E-state index is 0.361. The van der Waals surface area contributed by atoms with Crippen molar-refractivity contribution in [1.29, 1.82) is 0 Å². The van der Waals surface area contributed by atoms with Gasteiger partial charge in [0.15, 0.2) is 0 Å². The second-order valence-corrected chi connectivity index (χ2v) is 7.08. The summed E-state index contributed by atoms with van der Waals surface area (Å²) in [4.78, 5) is 17.8. The molecule has 0 saturated heterocycles. The zero-order chi connectivity index (χ0) is 19.1. The first kappa shape index (κ1) is 19.0. The molecule has 1 heterocycles. The lowest BCUT2D eigenvalue weighted by Crippen LogP contribution is -2.40. The highest BCUT2D eigenvalue weighted by Crippen LogP contribution is 2.23. The van der Waals surface area contributed by atoms with Gasteiger partial charge >= 0.3 is 6.03 Å². The number of carbonyl (C=O) groups is 1. The number of halogens is 1. The predicted molar refractivity (Wildman–Crippen MR) is 105 cm³/mol. The van der Waals surface area contributed by atoms with E-state index in [-0.39, 0.29) is 11.8 Å². The zero-order valence-electron chi connectivity index (χ0n) is 14.9. The van der Waals surface area contributed by atoms with Gasteiger partial charge < -0.3 is 15.2 Å². The number of benzene rings is 2. The molecule has 5 nitrogen and oxygen atoms in total. The third-order valence-electron chi connectivity index (χ3n) is 4.01. The first-order valence-electron chi connectivity index (χ1n) is 8.59. The topological polar surface area (TPSA) is 59.0 Å². The lowest BCUT2D eigenvalue weighted by molar-refractivity contribution is 0.238. The maximum absolute atomic E-state index is 14.3. The Labute approximate surface area is 162 Å². The molecular formula is C20H21FN4OS. The number of imidazole rings is 1. The highest BCUT2D eigenvalue weighted by molar-refractivity contribution is 7.99. The van der Waals surface area contributed by atoms with Crippen molar-refractivity contribution in [2.45, 2.75) is 10.9 Å². The maximum atomic E-state index is 14.3. The summed E-state index contributed by atoms with van der Waals surface area (Å²) >= 11 is 1.66. The molecule has 0 saturated carbocycles. The van der Waals surface area contributed by atoms with Crippen LogP contribution in [0.15, 0.2) is 71.9 Å². The van der Waals surface area contributed by atoms with Crippen molar-refractivity contribution in [3.63, 3.8) is 0 Å². The van der Waals surface area contributed by atoms with Gasteiger partial charge in [0, 0.05) is 42.2 Å². The van der Waals surface area contributed by atoms with E-state index in [4.69, 9.17) is 0 Å². The number of hydrogen-bond donors (Lipinski definition) is 2. The molecule has 140 valence electrons. The molecule has 0 aliphatic carbocycles. The van der Waals surface area contributed by atoms with Gasteiger partial charge in [-0.2, -0.15) is 0 Å². The van der Waals surface area contributed by atoms with E-state index in [9.17, 15) is 9.18 Å². The predicted octanol–water partition coefficient (Wildman–Crippen LogP) is 3.74. The lowest BCUT2D eigenvalue weighted by atomic mass is 10.1. The Kier molecular flexibility index (Phi) is 6.49. The van der Waals surface area contributed by atoms with Crippen LogP contribution in [0.5, 0.6) is 0 Å². The standard InChI is InChI=1S/C20H21FN4OS/c1-25-13-11-22-19(25)18(16-9-5-6-10-17(16)21)24-20(26)23-12-14-27-15-7-3-2-4-8-15/h2-11,13,18H,12,14H2,1H3,(H2,23,24,26)/t18-/m0/s1. The molecule has 0 aliphatic rings. The minimum Gasteiger partial charge on any atom is -0.337 e. The van der Waals surface area contributed by atoms with Gasteiger partial charge in [0.1, 0.15) is 17.7 Å². The van der Waals surface area contributed by atoms with Gasteiger partial charge in [-0.05, 0) is 18.2 Å². The second-order valence-electron chi connectivity index (χ2n) is 5.91. The molecule has 0 bridgehead atoms. The highest BCUT2D eigenvalue weighted by atomic mass is 32.2. The molecule has 27 heavy (non-hydrogen) atoms. The van der Waals surface area contributed by atoms with Crippen molar-refractivity contribution in [2.75, 3.05) is 12.3 Å². The number of amides is 2. The summed E-state index contributed by atoms with van der Waals surface area (Å²) in [6.45, 7) is 0.496. The van der Waals surface area contributed by atoms with Crippen LogP contribution in [0.4, 0.5) is 9.18 Å². The third kappa shape index (κ3) is 5.10. The fourth-order valence-corrected chi connectivity index (χ4v) is 3.47. The summed E-state index contributed by atoms with van der Waals surface area (Å²) < 4.78 is 16.1. The number of aromatic nitrogens is 2. The van der Waals surface area contributed by atoms with Crippen LogP contribution >= 0.6 is 11.8 Å². The summed E-state index contributed by atoms with van der Waals surface area (Å²) in [5, 5.41) is 5.66. The molecule has 0 aliphatic heterocycles. The van der Waals surface area contributed by atoms with Crippen LogP contribution in [0.3, 0.4) is 0 Å². The van der Waals surface area contributed by atoms with Crippen LogP contribution in [0.1, 0.15) is 17.4 Å². The Morgan fingerprint density at radius 2 is 1.93 bits per heavy atom. The van der Waals surface area contributed by atoms with E-state index in [0.717, 1.165) is 10.6 Å². The number of aryl methyl sites for hydroxylation is 1. The molecule has 0 spiro atoms. The molecule has 7 heteroatoms. The summed E-state index contributed by atoms with van der Waals surface area (Å²) in [6.07, 6.45) is 3.39. The molecule has 1 aromatic heterocycles. The highest BCUT2D eigenvalue weighted by Gasteiger charge is 2.23. The molecule has 3 aromatic rings. The van der Waals surface area contributed by atoms with Crippen molar-refractivity contribution in [1.82, 2.24) is 20.2 Å². The molecule has 1 atom stereocenters. The Bertz CT molecular complexity index is 884. The number of thioether (sulfide) groups is 1. The first-order valence-corrected chi connectivity index (χ1v) is 9.57. The summed E-state index contributed by atoms with van der Waals surface area (Å²) in [5.41, 5.74) is 0.376. The Hall–Kier alpha value is -2.80. The molecular weight excluding hydrogens is 363 g/mol. The van der Waals surface area contributed by atoms with Gasteiger partial charge in [-0.25, -0.2) is 14.2 Å². The van der Waals surface area contributed by atoms with E-state index < -0.39 is 6.04 Å². The number of rotatable bonds is 7. The fourth-order valence-electron chi connectivity index (χ4n) is 2.68. The monoisotopic (exact) mass is 384 g/mol. The van der Waals surface area contributed by atoms with Crippen LogP contribution < -0.4 is 10.6 Å². The fraction of sp³-hybridized carbons (Fsp3) is 0.200. The van der Waals surface area contributed by atoms with Gasteiger partial charge in [-0.1, -0.05) is 36.4 Å². The molecule has 0 unspecified atom stereocenters. The van der Waals surface area contributed by atoms with Crippen LogP contribution in [-0.4, -0.2) is 27.9 Å². The average Bonchev–Trinajstić information content (AvgIpc) is 3.10. The van der Waals surface area contributed by atoms with E-state index in [2.05, 4.69) is 15.6 Å². The van der Waals surface area contributed by atoms with Crippen molar-refractivity contribution < 1.29 is 9.18 Å². The van der Waals surface area contributed by atoms with Crippen LogP contribution in [0.2, 0.25) is 0 Å². The minimum atomic E-state index is -0.673. The Morgan fingerprint density at radius 1 is 1.19 bits per heavy atom. The van der Waals surface area contributed by atoms with Crippen LogP contribution in [0, 0.1) is 5.82 Å². The van der Waals surface area contributed by atoms with Gasteiger partial charge in [0.05, 0.1) is 0 Å². The summed E-state index contributed by atoms with van der Waals surface area (Å²) in [6, 6.07) is 15.3. The maximum Gasteiger partial charge on any atom is 0.315 e. The smallest absolute Gasteiger partial charge is 0.315 e. The van der Waals surface area contributed by atoms with E-state index in [0.29, 0.717) is 17.9 Å². The SMILES string of the molecule is Cn1ccnc1[C@@H](NC(=O)NCCSc1ccccc1)c1ccccc1F. The largest absolute Gasteiger partial charge is 0.337 e. The zero-order valence-corrected chi connectivity index (χ0v) is 15.7. The Morgan fingerprint density at radius 3 is 2.63 bits per heavy atom. The van der Waals surface area contributed by atoms with E-state index in [1.165, 1.54) is 6.07 Å². The average molecular weight is 384 g/mol. The van der Waals surface area contributed by atoms with Gasteiger partial charge in [-0.15, -0.1) is 11.8 Å². The van der Waals surface area contributed by atoms with Gasteiger partial charge in [0.25, 0.3) is 0 Å². The quantitative estimate of drug-likeness (QED) is 0.482. The number of carbonyl (C=O) groups excluding carboxylic acids is 1. The number of urea groups is 1. The van der Waals surface area contributed by atoms with E-state index in [1.54, 1.807) is 46.9 Å². The summed E-state index contributed by atoms with van der Waals surface area (Å²) in [7, 11) is 1.81. The van der Waals surface area contributed by atoms with Gasteiger partial charge in [0.2, 0.25) is 0 Å². The molecule has 2 N–H and O–H groups in total. The second kappa shape index (κ2) is 9.23. The molecule has 2 amide bonds. The van der Waals surface area contributed by atoms with E-state index >= 15 is 0 Å². The first-order chi connectivity index (χ1) is 13.1. The van der Waals surface area contributed by atoms with Crippen LogP contribution in [0.25, 0.3) is 0 Å². The van der Waals surface area contributed by atoms with Crippen molar-refractivity contribution >= 4 is 17.8 Å². The number of hydrogen-bond acceptors (Lipinski definition) is 3. The molecule has 3 rings (SSSR count). The summed E-state index contributed by atoms with van der Waals surface area (Å²) in [5.74, 6) is 0.920. The van der Waals surface area contributed by atoms with Crippen LogP contribution in [-0.2, 0) is 7.05 Å². The normalized spacial score (nSPS) is 11.8. The Balaban J connectivity index is 1.61. The molecule has 0 fully saturated rings.